The van der Waals surface area contributed by atoms with Crippen LogP contribution in [0.5, 0.6) is 0 Å². The summed E-state index contributed by atoms with van der Waals surface area (Å²) in [6.45, 7) is 12.8. The van der Waals surface area contributed by atoms with E-state index in [0.29, 0.717) is 0 Å². The van der Waals surface area contributed by atoms with Crippen molar-refractivity contribution in [2.24, 2.45) is 27.6 Å². The van der Waals surface area contributed by atoms with E-state index in [1.165, 1.54) is 13.8 Å². The van der Waals surface area contributed by atoms with E-state index < -0.39 is 68.0 Å². The molecule has 0 bridgehead atoms. The number of methoxy groups -OCH3 is 1. The molecule has 9 nitrogen and oxygen atoms in total. The molecule has 0 radical (unpaired) electrons. The number of Topliss-reactive ketones (excluding diaryl/α,β-unsaturated/α-hetero) is 3. The van der Waals surface area contributed by atoms with Crippen molar-refractivity contribution in [2.45, 2.75) is 72.0 Å². The van der Waals surface area contributed by atoms with Gasteiger partial charge < -0.3 is 19.7 Å². The Morgan fingerprint density at radius 1 is 1.09 bits per heavy atom. The monoisotopic (exact) mass is 488 g/mol. The number of aliphatic hydroxyl groups is 2. The van der Waals surface area contributed by atoms with Gasteiger partial charge in [0.2, 0.25) is 5.78 Å². The molecule has 0 amide bonds. The maximum atomic E-state index is 14.0. The number of hydrogen-bond donors (Lipinski definition) is 2. The third kappa shape index (κ3) is 2.40. The number of carbonyl (C=O) groups excluding carboxylic acids is 5. The first-order chi connectivity index (χ1) is 15.8. The zero-order valence-corrected chi connectivity index (χ0v) is 21.2. The Kier molecular flexibility index (Phi) is 4.83. The summed E-state index contributed by atoms with van der Waals surface area (Å²) < 4.78 is 10.1. The number of ether oxygens (including phenoxy) is 2. The molecule has 6 atom stereocenters. The molecule has 1 saturated heterocycles. The third-order valence-corrected chi connectivity index (χ3v) is 9.80. The van der Waals surface area contributed by atoms with Gasteiger partial charge in [0.1, 0.15) is 5.78 Å². The largest absolute Gasteiger partial charge is 0.504 e. The second kappa shape index (κ2) is 6.69. The van der Waals surface area contributed by atoms with Crippen LogP contribution in [-0.4, -0.2) is 57.8 Å². The average molecular weight is 489 g/mol. The fraction of sp³-hybridized carbons (Fsp3) is 0.654. The van der Waals surface area contributed by atoms with Crippen LogP contribution in [0.1, 0.15) is 60.8 Å². The summed E-state index contributed by atoms with van der Waals surface area (Å²) >= 11 is 0. The SMILES string of the molecule is C=C1CC2(O)[C@@]3(C)CCC(=O)C(C)(C)C3=C(O)C(=O)[C@@]2(C)[C@@H]2C(=O)O[C@@](C)(C(=O)OC)C(=O)[C@@]12C. The summed E-state index contributed by atoms with van der Waals surface area (Å²) in [6, 6.07) is 0. The topological polar surface area (TPSA) is 144 Å². The van der Waals surface area contributed by atoms with Crippen molar-refractivity contribution in [2.75, 3.05) is 7.11 Å². The van der Waals surface area contributed by atoms with Gasteiger partial charge in [0.15, 0.2) is 11.5 Å². The summed E-state index contributed by atoms with van der Waals surface area (Å²) in [4.78, 5) is 66.7. The van der Waals surface area contributed by atoms with E-state index in [2.05, 4.69) is 6.58 Å². The lowest BCUT2D eigenvalue weighted by molar-refractivity contribution is -0.241. The van der Waals surface area contributed by atoms with Crippen LogP contribution in [0.15, 0.2) is 23.5 Å². The molecule has 3 aliphatic carbocycles. The Morgan fingerprint density at radius 2 is 1.66 bits per heavy atom. The number of rotatable bonds is 1. The van der Waals surface area contributed by atoms with E-state index in [0.717, 1.165) is 14.0 Å². The molecule has 1 heterocycles. The minimum atomic E-state index is -2.27. The van der Waals surface area contributed by atoms with E-state index in [-0.39, 0.29) is 36.2 Å². The first kappa shape index (κ1) is 25.3. The van der Waals surface area contributed by atoms with Gasteiger partial charge in [0, 0.05) is 17.3 Å². The van der Waals surface area contributed by atoms with Crippen molar-refractivity contribution in [3.05, 3.63) is 23.5 Å². The Hall–Kier alpha value is -2.81. The van der Waals surface area contributed by atoms with Crippen LogP contribution in [-0.2, 0) is 33.4 Å². The van der Waals surface area contributed by atoms with Crippen LogP contribution in [0.3, 0.4) is 0 Å². The predicted molar refractivity (Wildman–Crippen MR) is 121 cm³/mol. The van der Waals surface area contributed by atoms with E-state index in [1.54, 1.807) is 20.8 Å². The summed E-state index contributed by atoms with van der Waals surface area (Å²) in [7, 11) is 1.06. The van der Waals surface area contributed by atoms with Gasteiger partial charge in [-0.3, -0.25) is 19.2 Å². The fourth-order valence-electron chi connectivity index (χ4n) is 7.64. The maximum Gasteiger partial charge on any atom is 0.358 e. The summed E-state index contributed by atoms with van der Waals surface area (Å²) in [5.41, 5.74) is -10.3. The Balaban J connectivity index is 2.04. The van der Waals surface area contributed by atoms with Crippen LogP contribution < -0.4 is 0 Å². The molecule has 2 N–H and O–H groups in total. The molecule has 0 spiro atoms. The third-order valence-electron chi connectivity index (χ3n) is 9.80. The van der Waals surface area contributed by atoms with Crippen molar-refractivity contribution in [1.82, 2.24) is 0 Å². The lowest BCUT2D eigenvalue weighted by Crippen LogP contribution is -2.78. The van der Waals surface area contributed by atoms with E-state index in [4.69, 9.17) is 9.47 Å². The first-order valence-corrected chi connectivity index (χ1v) is 11.6. The summed E-state index contributed by atoms with van der Waals surface area (Å²) in [5.74, 6) is -6.35. The molecule has 4 aliphatic rings. The van der Waals surface area contributed by atoms with E-state index in [1.807, 2.05) is 0 Å². The highest BCUT2D eigenvalue weighted by molar-refractivity contribution is 6.17. The maximum absolute atomic E-state index is 14.0. The second-order valence-electron chi connectivity index (χ2n) is 11.7. The first-order valence-electron chi connectivity index (χ1n) is 11.6. The second-order valence-corrected chi connectivity index (χ2v) is 11.7. The molecule has 4 rings (SSSR count). The number of allylic oxidation sites excluding steroid dienone is 1. The molecule has 0 aromatic rings. The highest BCUT2D eigenvalue weighted by Crippen LogP contribution is 2.72. The normalized spacial score (nSPS) is 44.8. The van der Waals surface area contributed by atoms with Gasteiger partial charge in [-0.05, 0) is 53.0 Å². The standard InChI is InChI=1S/C26H32O9/c1-12-11-26(33)22(4)10-9-13(27)21(2,3)15(22)14(28)17(29)24(26,6)16-18(30)35-25(7,20(32)34-8)19(31)23(12,16)5/h16,28,33H,1,9-11H2,2-8H3/t16-,22+,23+,24-,25-,26?/m1/s1. The molecule has 0 aromatic heterocycles. The Bertz CT molecular complexity index is 1180. The smallest absolute Gasteiger partial charge is 0.358 e. The zero-order valence-electron chi connectivity index (χ0n) is 21.2. The highest BCUT2D eigenvalue weighted by Gasteiger charge is 2.81. The fourth-order valence-corrected chi connectivity index (χ4v) is 7.64. The molecule has 1 unspecified atom stereocenters. The molecule has 35 heavy (non-hydrogen) atoms. The van der Waals surface area contributed by atoms with Crippen molar-refractivity contribution in [3.63, 3.8) is 0 Å². The summed E-state index contributed by atoms with van der Waals surface area (Å²) in [5, 5.41) is 23.7. The highest BCUT2D eigenvalue weighted by atomic mass is 16.6. The summed E-state index contributed by atoms with van der Waals surface area (Å²) in [6.07, 6.45) is -0.0608. The lowest BCUT2D eigenvalue weighted by Gasteiger charge is -2.68. The zero-order chi connectivity index (χ0) is 26.7. The van der Waals surface area contributed by atoms with Crippen LogP contribution >= 0.6 is 0 Å². The molecule has 3 fully saturated rings. The van der Waals surface area contributed by atoms with E-state index >= 15 is 0 Å². The molecule has 1 aliphatic heterocycles. The quantitative estimate of drug-likeness (QED) is 0.322. The molecule has 190 valence electrons. The average Bonchev–Trinajstić information content (AvgIpc) is 2.76. The lowest BCUT2D eigenvalue weighted by atomic mass is 9.35. The minimum absolute atomic E-state index is 0.0884. The predicted octanol–water partition coefficient (Wildman–Crippen LogP) is 2.15. The van der Waals surface area contributed by atoms with Crippen molar-refractivity contribution >= 4 is 29.3 Å². The van der Waals surface area contributed by atoms with Gasteiger partial charge >= 0.3 is 11.9 Å². The number of aliphatic hydroxyl groups excluding tert-OH is 1. The van der Waals surface area contributed by atoms with Crippen LogP contribution in [0, 0.1) is 27.6 Å². The van der Waals surface area contributed by atoms with Crippen molar-refractivity contribution in [1.29, 1.82) is 0 Å². The molecular weight excluding hydrogens is 456 g/mol. The molecular formula is C26H32O9. The number of cyclic esters (lactones) is 1. The van der Waals surface area contributed by atoms with Crippen LogP contribution in [0.25, 0.3) is 0 Å². The number of carbonyl (C=O) groups is 5. The number of hydrogen-bond acceptors (Lipinski definition) is 9. The number of esters is 2. The molecule has 2 saturated carbocycles. The van der Waals surface area contributed by atoms with Gasteiger partial charge in [-0.25, -0.2) is 4.79 Å². The van der Waals surface area contributed by atoms with Crippen LogP contribution in [0.2, 0.25) is 0 Å². The van der Waals surface area contributed by atoms with Gasteiger partial charge in [-0.2, -0.15) is 0 Å². The number of fused-ring (bicyclic) bond motifs is 5. The van der Waals surface area contributed by atoms with Crippen molar-refractivity contribution in [3.8, 4) is 0 Å². The van der Waals surface area contributed by atoms with Crippen molar-refractivity contribution < 1.29 is 43.7 Å². The Labute approximate surface area is 203 Å². The molecule has 0 aromatic carbocycles. The van der Waals surface area contributed by atoms with Gasteiger partial charge in [-0.15, -0.1) is 0 Å². The van der Waals surface area contributed by atoms with Gasteiger partial charge in [0.25, 0.3) is 5.60 Å². The molecule has 9 heteroatoms. The van der Waals surface area contributed by atoms with Gasteiger partial charge in [-0.1, -0.05) is 19.1 Å². The minimum Gasteiger partial charge on any atom is -0.504 e. The number of ketones is 3. The van der Waals surface area contributed by atoms with Gasteiger partial charge in [0.05, 0.1) is 29.5 Å². The van der Waals surface area contributed by atoms with E-state index in [9.17, 15) is 34.2 Å². The Morgan fingerprint density at radius 3 is 2.20 bits per heavy atom. The van der Waals surface area contributed by atoms with Crippen LogP contribution in [0.4, 0.5) is 0 Å².